The van der Waals surface area contributed by atoms with E-state index in [1.807, 2.05) is 18.2 Å². The molecular weight excluding hydrogens is 868 g/mol. The third-order valence-electron chi connectivity index (χ3n) is 14.0. The van der Waals surface area contributed by atoms with Crippen LogP contribution in [0.1, 0.15) is 146 Å². The van der Waals surface area contributed by atoms with Gasteiger partial charge in [0.05, 0.1) is 51.9 Å². The third-order valence-corrected chi connectivity index (χ3v) is 14.0. The lowest BCUT2D eigenvalue weighted by molar-refractivity contribution is -0.134. The number of likely N-dealkylation sites (tertiary alicyclic amines) is 2. The average molecular weight is 933 g/mol. The molecule has 3 aromatic carbocycles. The van der Waals surface area contributed by atoms with Gasteiger partial charge in [-0.1, -0.05) is 12.1 Å². The lowest BCUT2D eigenvalue weighted by Gasteiger charge is -2.34. The second-order valence-electron chi connectivity index (χ2n) is 20.9. The fourth-order valence-corrected chi connectivity index (χ4v) is 10.8. The minimum Gasteiger partial charge on any atom is -0.465 e. The number of carboxylic acid groups (broad SMARTS) is 1. The molecule has 0 spiro atoms. The maximum Gasteiger partial charge on any atom is 0.408 e. The molecule has 2 aromatic heterocycles. The van der Waals surface area contributed by atoms with Crippen LogP contribution in [0.3, 0.4) is 0 Å². The molecule has 0 saturated carbocycles. The summed E-state index contributed by atoms with van der Waals surface area (Å²) >= 11 is 0. The first-order chi connectivity index (χ1) is 32.4. The number of piperidine rings is 1. The minimum atomic E-state index is -1.13. The fraction of sp³-hybridized carbons (Fsp3) is 0.529. The molecule has 9 rings (SSSR count). The number of ether oxygens (including phenoxy) is 1. The lowest BCUT2D eigenvalue weighted by Crippen LogP contribution is -2.50. The fourth-order valence-electron chi connectivity index (χ4n) is 10.8. The molecule has 4 aliphatic heterocycles. The summed E-state index contributed by atoms with van der Waals surface area (Å²) < 4.78 is 21.7. The number of fused-ring (bicyclic) bond motifs is 2. The van der Waals surface area contributed by atoms with Crippen molar-refractivity contribution in [1.29, 1.82) is 0 Å². The van der Waals surface area contributed by atoms with Crippen LogP contribution in [0.4, 0.5) is 25.4 Å². The molecule has 4 amide bonds. The van der Waals surface area contributed by atoms with Crippen molar-refractivity contribution in [1.82, 2.24) is 40.0 Å². The number of amides is 4. The number of hydrogen-bond donors (Lipinski definition) is 4. The number of anilines is 2. The maximum atomic E-state index is 16.4. The van der Waals surface area contributed by atoms with Crippen molar-refractivity contribution in [3.8, 4) is 0 Å². The molecule has 1 unspecified atom stereocenters. The average Bonchev–Trinajstić information content (AvgIpc) is 4.14. The Bertz CT molecular complexity index is 2700. The monoisotopic (exact) mass is 933 g/mol. The molecule has 362 valence electrons. The molecule has 4 saturated heterocycles. The first-order valence-electron chi connectivity index (χ1n) is 24.3. The van der Waals surface area contributed by atoms with Crippen LogP contribution in [-0.4, -0.2) is 114 Å². The van der Waals surface area contributed by atoms with Gasteiger partial charge in [-0.3, -0.25) is 14.5 Å². The van der Waals surface area contributed by atoms with E-state index in [1.165, 1.54) is 4.90 Å². The summed E-state index contributed by atoms with van der Waals surface area (Å²) in [6.07, 6.45) is 6.11. The highest BCUT2D eigenvalue weighted by Crippen LogP contribution is 2.48. The van der Waals surface area contributed by atoms with Gasteiger partial charge in [-0.05, 0) is 153 Å². The molecule has 0 aliphatic carbocycles. The Balaban J connectivity index is 0.993. The van der Waals surface area contributed by atoms with Gasteiger partial charge in [-0.25, -0.2) is 23.9 Å². The molecule has 6 heterocycles. The van der Waals surface area contributed by atoms with E-state index < -0.39 is 23.3 Å². The smallest absolute Gasteiger partial charge is 0.408 e. The SMILES string of the molecule is CC(C)(C)OC(=O)NCC(=O)N1CCCC1c1nc2cc([C@@H]3CC[C@@H](c4ccc5[nH]c([C@@H]6CCCN6C(=O)CN(C(=O)O)C(C)(C)C)nc5c4)N3c3ccc(N4CCCCC4)c(F)c3)ccc2[nH]1. The number of rotatable bonds is 10. The highest BCUT2D eigenvalue weighted by atomic mass is 19.1. The number of carbonyl (C=O) groups is 4. The molecule has 0 bridgehead atoms. The van der Waals surface area contributed by atoms with E-state index in [1.54, 1.807) is 57.4 Å². The molecule has 5 aromatic rings. The van der Waals surface area contributed by atoms with Crippen molar-refractivity contribution in [2.45, 2.75) is 135 Å². The zero-order valence-electron chi connectivity index (χ0n) is 40.1. The zero-order chi connectivity index (χ0) is 48.1. The topological polar surface area (TPSA) is 183 Å². The summed E-state index contributed by atoms with van der Waals surface area (Å²) in [7, 11) is 0. The Morgan fingerprint density at radius 3 is 1.79 bits per heavy atom. The number of carbonyl (C=O) groups excluding carboxylic acids is 3. The Morgan fingerprint density at radius 2 is 1.28 bits per heavy atom. The van der Waals surface area contributed by atoms with Gasteiger partial charge in [0.2, 0.25) is 11.8 Å². The van der Waals surface area contributed by atoms with Gasteiger partial charge in [0.15, 0.2) is 0 Å². The van der Waals surface area contributed by atoms with E-state index in [0.29, 0.717) is 36.8 Å². The van der Waals surface area contributed by atoms with Gasteiger partial charge >= 0.3 is 12.2 Å². The van der Waals surface area contributed by atoms with Gasteiger partial charge in [0, 0.05) is 37.4 Å². The number of benzene rings is 3. The van der Waals surface area contributed by atoms with Gasteiger partial charge in [-0.15, -0.1) is 0 Å². The molecule has 4 N–H and O–H groups in total. The number of aromatic nitrogens is 4. The van der Waals surface area contributed by atoms with Crippen LogP contribution in [0.5, 0.6) is 0 Å². The summed E-state index contributed by atoms with van der Waals surface area (Å²) in [6.45, 7) is 13.0. The number of nitrogens with one attached hydrogen (secondary N) is 3. The largest absolute Gasteiger partial charge is 0.465 e. The quantitative estimate of drug-likeness (QED) is 0.105. The Labute approximate surface area is 396 Å². The number of hydrogen-bond acceptors (Lipinski definition) is 9. The van der Waals surface area contributed by atoms with E-state index in [0.717, 1.165) is 103 Å². The normalized spacial score (nSPS) is 21.3. The summed E-state index contributed by atoms with van der Waals surface area (Å²) in [5.74, 6) is 0.676. The third kappa shape index (κ3) is 9.66. The standard InChI is InChI=1S/C51H65FN10O6/c1-50(2,3)61(49(66)67)30-45(64)60-25-11-13-43(60)47-55-36-18-15-32(27-38(36)57-47)40-21-20-39(62(40)33-16-19-41(34(52)28-33)58-22-8-7-9-23-58)31-14-17-35-37(26-31)56-46(54-35)42-12-10-24-59(42)44(63)29-53-48(65)68-51(4,5)6/h14-19,26-28,39-40,42-43H,7-13,20-25,29-30H2,1-6H3,(H,53,65)(H,54,56)(H,55,57)(H,66,67)/t39-,40-,42?,43-/m0/s1. The van der Waals surface area contributed by atoms with Gasteiger partial charge in [0.1, 0.15) is 36.2 Å². The molecule has 4 atom stereocenters. The Morgan fingerprint density at radius 1 is 0.721 bits per heavy atom. The van der Waals surface area contributed by atoms with Crippen molar-refractivity contribution in [3.63, 3.8) is 0 Å². The van der Waals surface area contributed by atoms with Crippen molar-refractivity contribution in [2.24, 2.45) is 0 Å². The van der Waals surface area contributed by atoms with Crippen LogP contribution in [0.2, 0.25) is 0 Å². The predicted octanol–water partition coefficient (Wildman–Crippen LogP) is 9.28. The van der Waals surface area contributed by atoms with Crippen LogP contribution in [0.15, 0.2) is 54.6 Å². The molecule has 16 nitrogen and oxygen atoms in total. The zero-order valence-corrected chi connectivity index (χ0v) is 40.1. The van der Waals surface area contributed by atoms with Crippen molar-refractivity contribution in [3.05, 3.63) is 83.2 Å². The molecule has 4 aliphatic rings. The van der Waals surface area contributed by atoms with Gasteiger partial charge < -0.3 is 44.7 Å². The van der Waals surface area contributed by atoms with Gasteiger partial charge in [0.25, 0.3) is 0 Å². The van der Waals surface area contributed by atoms with Crippen LogP contribution in [0, 0.1) is 5.82 Å². The number of H-pyrrole nitrogens is 2. The first kappa shape index (κ1) is 46.7. The van der Waals surface area contributed by atoms with Crippen LogP contribution >= 0.6 is 0 Å². The Hall–Kier alpha value is -6.39. The molecule has 0 radical (unpaired) electrons. The number of nitrogens with zero attached hydrogens (tertiary/aromatic N) is 7. The van der Waals surface area contributed by atoms with Crippen LogP contribution in [0.25, 0.3) is 22.1 Å². The van der Waals surface area contributed by atoms with Crippen LogP contribution in [-0.2, 0) is 14.3 Å². The van der Waals surface area contributed by atoms with Crippen molar-refractivity contribution >= 4 is 57.4 Å². The van der Waals surface area contributed by atoms with Crippen LogP contribution < -0.4 is 15.1 Å². The molecule has 17 heteroatoms. The Kier molecular flexibility index (Phi) is 12.8. The van der Waals surface area contributed by atoms with Gasteiger partial charge in [-0.2, -0.15) is 0 Å². The summed E-state index contributed by atoms with van der Waals surface area (Å²) in [4.78, 5) is 77.7. The predicted molar refractivity (Wildman–Crippen MR) is 258 cm³/mol. The van der Waals surface area contributed by atoms with Crippen molar-refractivity contribution < 1.29 is 33.4 Å². The second-order valence-corrected chi connectivity index (χ2v) is 20.9. The van der Waals surface area contributed by atoms with E-state index in [2.05, 4.69) is 55.4 Å². The molecule has 68 heavy (non-hydrogen) atoms. The molecular formula is C51H65FN10O6. The first-order valence-corrected chi connectivity index (χ1v) is 24.3. The number of aromatic amines is 2. The lowest BCUT2D eigenvalue weighted by atomic mass is 10.0. The summed E-state index contributed by atoms with van der Waals surface area (Å²) in [5.41, 5.74) is 5.31. The highest BCUT2D eigenvalue weighted by Gasteiger charge is 2.39. The number of halogens is 1. The highest BCUT2D eigenvalue weighted by molar-refractivity contribution is 5.84. The maximum absolute atomic E-state index is 16.4. The van der Waals surface area contributed by atoms with E-state index in [9.17, 15) is 24.3 Å². The minimum absolute atomic E-state index is 0.116. The number of imidazole rings is 2. The number of alkyl carbamates (subject to hydrolysis) is 1. The van der Waals surface area contributed by atoms with Crippen molar-refractivity contribution in [2.75, 3.05) is 49.1 Å². The van der Waals surface area contributed by atoms with E-state index in [-0.39, 0.29) is 54.9 Å². The summed E-state index contributed by atoms with van der Waals surface area (Å²) in [5, 5.41) is 12.5. The summed E-state index contributed by atoms with van der Waals surface area (Å²) in [6, 6.07) is 17.3. The van der Waals surface area contributed by atoms with E-state index >= 15 is 4.39 Å². The van der Waals surface area contributed by atoms with E-state index in [4.69, 9.17) is 14.7 Å². The molecule has 4 fully saturated rings. The second kappa shape index (κ2) is 18.6.